The van der Waals surface area contributed by atoms with E-state index in [9.17, 15) is 4.79 Å². The molecule has 0 aliphatic carbocycles. The second-order valence-corrected chi connectivity index (χ2v) is 6.87. The fourth-order valence-corrected chi connectivity index (χ4v) is 2.84. The number of benzene rings is 3. The number of hydrogen-bond acceptors (Lipinski definition) is 3. The highest BCUT2D eigenvalue weighted by molar-refractivity contribution is 6.31. The van der Waals surface area contributed by atoms with Gasteiger partial charge in [0, 0.05) is 27.5 Å². The van der Waals surface area contributed by atoms with Crippen molar-refractivity contribution in [2.45, 2.75) is 6.92 Å². The summed E-state index contributed by atoms with van der Waals surface area (Å²) in [7, 11) is 0. The molecule has 0 saturated carbocycles. The quantitative estimate of drug-likeness (QED) is 0.499. The minimum atomic E-state index is -0.255. The Morgan fingerprint density at radius 3 is 2.64 bits per heavy atom. The number of aliphatic imine (C=N–C) groups is 1. The number of amides is 1. The van der Waals surface area contributed by atoms with E-state index in [1.807, 2.05) is 55.5 Å². The van der Waals surface area contributed by atoms with Crippen molar-refractivity contribution in [2.24, 2.45) is 4.99 Å². The molecule has 142 valence electrons. The molecule has 0 unspecified atom stereocenters. The number of para-hydroxylation sites is 1. The maximum atomic E-state index is 12.1. The summed E-state index contributed by atoms with van der Waals surface area (Å²) in [6.45, 7) is 1.77. The van der Waals surface area contributed by atoms with E-state index in [-0.39, 0.29) is 12.5 Å². The van der Waals surface area contributed by atoms with Crippen LogP contribution in [0.25, 0.3) is 0 Å². The summed E-state index contributed by atoms with van der Waals surface area (Å²) in [6.07, 6.45) is 1.65. The molecule has 0 fully saturated rings. The summed E-state index contributed by atoms with van der Waals surface area (Å²) in [5.74, 6) is 0.255. The lowest BCUT2D eigenvalue weighted by atomic mass is 10.2. The average molecular weight is 413 g/mol. The lowest BCUT2D eigenvalue weighted by Gasteiger charge is -2.10. The third-order valence-corrected chi connectivity index (χ3v) is 4.61. The minimum absolute atomic E-state index is 0.131. The predicted molar refractivity (Wildman–Crippen MR) is 115 cm³/mol. The highest BCUT2D eigenvalue weighted by atomic mass is 35.5. The number of rotatable bonds is 6. The first kappa shape index (κ1) is 19.9. The molecular weight excluding hydrogens is 395 g/mol. The summed E-state index contributed by atoms with van der Waals surface area (Å²) in [5.41, 5.74) is 3.01. The molecule has 0 spiro atoms. The lowest BCUT2D eigenvalue weighted by molar-refractivity contribution is -0.118. The van der Waals surface area contributed by atoms with Gasteiger partial charge >= 0.3 is 0 Å². The lowest BCUT2D eigenvalue weighted by Crippen LogP contribution is -2.20. The molecule has 3 aromatic rings. The Labute approximate surface area is 173 Å². The molecule has 0 atom stereocenters. The monoisotopic (exact) mass is 412 g/mol. The Hall–Kier alpha value is -2.82. The number of carbonyl (C=O) groups excluding carboxylic acids is 1. The topological polar surface area (TPSA) is 50.7 Å². The molecular formula is C22H18Cl2N2O2. The molecule has 3 rings (SSSR count). The van der Waals surface area contributed by atoms with Crippen LogP contribution in [0.15, 0.2) is 71.7 Å². The van der Waals surface area contributed by atoms with Crippen LogP contribution in [0.3, 0.4) is 0 Å². The molecule has 1 amide bonds. The first-order valence-electron chi connectivity index (χ1n) is 8.59. The SMILES string of the molecule is Cc1c(Cl)cccc1N=Cc1cc(Cl)ccc1OCC(=O)Nc1ccccc1. The van der Waals surface area contributed by atoms with Crippen LogP contribution in [-0.2, 0) is 4.79 Å². The number of anilines is 1. The maximum Gasteiger partial charge on any atom is 0.262 e. The van der Waals surface area contributed by atoms with Crippen LogP contribution in [0.5, 0.6) is 5.75 Å². The molecule has 0 heterocycles. The number of halogens is 2. The van der Waals surface area contributed by atoms with Gasteiger partial charge < -0.3 is 10.1 Å². The third kappa shape index (κ3) is 5.35. The number of nitrogens with one attached hydrogen (secondary N) is 1. The highest BCUT2D eigenvalue weighted by Crippen LogP contribution is 2.27. The van der Waals surface area contributed by atoms with E-state index < -0.39 is 0 Å². The van der Waals surface area contributed by atoms with Crippen LogP contribution in [0.2, 0.25) is 10.0 Å². The van der Waals surface area contributed by atoms with E-state index in [0.29, 0.717) is 27.0 Å². The van der Waals surface area contributed by atoms with Gasteiger partial charge in [0.1, 0.15) is 5.75 Å². The Kier molecular flexibility index (Phi) is 6.69. The molecule has 0 aliphatic rings. The first-order valence-corrected chi connectivity index (χ1v) is 9.35. The van der Waals surface area contributed by atoms with Gasteiger partial charge in [0.25, 0.3) is 5.91 Å². The van der Waals surface area contributed by atoms with Gasteiger partial charge in [0.2, 0.25) is 0 Å². The number of ether oxygens (including phenoxy) is 1. The van der Waals surface area contributed by atoms with Crippen molar-refractivity contribution < 1.29 is 9.53 Å². The molecule has 1 N–H and O–H groups in total. The van der Waals surface area contributed by atoms with Crippen molar-refractivity contribution in [3.63, 3.8) is 0 Å². The minimum Gasteiger partial charge on any atom is -0.483 e. The van der Waals surface area contributed by atoms with Crippen LogP contribution in [-0.4, -0.2) is 18.7 Å². The Morgan fingerprint density at radius 1 is 1.07 bits per heavy atom. The number of carbonyl (C=O) groups is 1. The molecule has 6 heteroatoms. The highest BCUT2D eigenvalue weighted by Gasteiger charge is 2.08. The van der Waals surface area contributed by atoms with Crippen molar-refractivity contribution in [3.8, 4) is 5.75 Å². The summed E-state index contributed by atoms with van der Waals surface area (Å²) in [6, 6.07) is 19.9. The Balaban J connectivity index is 1.73. The largest absolute Gasteiger partial charge is 0.483 e. The zero-order valence-electron chi connectivity index (χ0n) is 15.2. The van der Waals surface area contributed by atoms with Crippen molar-refractivity contribution >= 4 is 46.7 Å². The van der Waals surface area contributed by atoms with Crippen LogP contribution < -0.4 is 10.1 Å². The summed E-state index contributed by atoms with van der Waals surface area (Å²) < 4.78 is 5.68. The van der Waals surface area contributed by atoms with Gasteiger partial charge in [-0.3, -0.25) is 9.79 Å². The van der Waals surface area contributed by atoms with Gasteiger partial charge in [-0.15, -0.1) is 0 Å². The fourth-order valence-electron chi connectivity index (χ4n) is 2.49. The molecule has 0 saturated heterocycles. The van der Waals surface area contributed by atoms with Crippen molar-refractivity contribution in [3.05, 3.63) is 87.9 Å². The molecule has 28 heavy (non-hydrogen) atoms. The van der Waals surface area contributed by atoms with Crippen molar-refractivity contribution in [1.29, 1.82) is 0 Å². The van der Waals surface area contributed by atoms with Gasteiger partial charge in [-0.05, 0) is 55.0 Å². The Bertz CT molecular complexity index is 1000. The van der Waals surface area contributed by atoms with Crippen LogP contribution in [0.4, 0.5) is 11.4 Å². The predicted octanol–water partition coefficient (Wildman–Crippen LogP) is 6.07. The van der Waals surface area contributed by atoms with Gasteiger partial charge in [-0.1, -0.05) is 47.5 Å². The maximum absolute atomic E-state index is 12.1. The number of hydrogen-bond donors (Lipinski definition) is 1. The fraction of sp³-hybridized carbons (Fsp3) is 0.0909. The van der Waals surface area contributed by atoms with Gasteiger partial charge in [0.05, 0.1) is 5.69 Å². The number of nitrogens with zero attached hydrogens (tertiary/aromatic N) is 1. The standard InChI is InChI=1S/C22H18Cl2N2O2/c1-15-19(24)8-5-9-20(15)25-13-16-12-17(23)10-11-21(16)28-14-22(27)26-18-6-3-2-4-7-18/h2-13H,14H2,1H3,(H,26,27). The molecule has 0 radical (unpaired) electrons. The first-order chi connectivity index (χ1) is 13.5. The summed E-state index contributed by atoms with van der Waals surface area (Å²) in [4.78, 5) is 16.6. The third-order valence-electron chi connectivity index (χ3n) is 3.97. The Morgan fingerprint density at radius 2 is 1.86 bits per heavy atom. The van der Waals surface area contributed by atoms with Crippen molar-refractivity contribution in [2.75, 3.05) is 11.9 Å². The summed E-state index contributed by atoms with van der Waals surface area (Å²) in [5, 5.41) is 3.97. The average Bonchev–Trinajstić information content (AvgIpc) is 2.69. The normalized spacial score (nSPS) is 10.8. The van der Waals surface area contributed by atoms with Crippen molar-refractivity contribution in [1.82, 2.24) is 0 Å². The second kappa shape index (κ2) is 9.40. The van der Waals surface area contributed by atoms with Crippen LogP contribution in [0.1, 0.15) is 11.1 Å². The van der Waals surface area contributed by atoms with E-state index in [0.717, 1.165) is 11.3 Å². The van der Waals surface area contributed by atoms with E-state index in [2.05, 4.69) is 10.3 Å². The second-order valence-electron chi connectivity index (χ2n) is 6.03. The van der Waals surface area contributed by atoms with E-state index >= 15 is 0 Å². The van der Waals surface area contributed by atoms with Gasteiger partial charge in [0.15, 0.2) is 6.61 Å². The smallest absolute Gasteiger partial charge is 0.262 e. The van der Waals surface area contributed by atoms with Gasteiger partial charge in [-0.25, -0.2) is 0 Å². The molecule has 0 bridgehead atoms. The van der Waals surface area contributed by atoms with Gasteiger partial charge in [-0.2, -0.15) is 0 Å². The van der Waals surface area contributed by atoms with E-state index in [4.69, 9.17) is 27.9 Å². The molecule has 3 aromatic carbocycles. The summed E-state index contributed by atoms with van der Waals surface area (Å²) >= 11 is 12.2. The molecule has 0 aliphatic heterocycles. The zero-order valence-corrected chi connectivity index (χ0v) is 16.7. The van der Waals surface area contributed by atoms with E-state index in [1.165, 1.54) is 0 Å². The van der Waals surface area contributed by atoms with Crippen LogP contribution >= 0.6 is 23.2 Å². The molecule has 4 nitrogen and oxygen atoms in total. The van der Waals surface area contributed by atoms with Crippen LogP contribution in [0, 0.1) is 6.92 Å². The van der Waals surface area contributed by atoms with E-state index in [1.54, 1.807) is 24.4 Å². The molecule has 0 aromatic heterocycles. The zero-order chi connectivity index (χ0) is 19.9.